The van der Waals surface area contributed by atoms with Crippen LogP contribution in [0.25, 0.3) is 0 Å². The first-order valence-corrected chi connectivity index (χ1v) is 11.4. The first-order valence-electron chi connectivity index (χ1n) is 10.9. The van der Waals surface area contributed by atoms with E-state index in [1.807, 2.05) is 42.5 Å². The van der Waals surface area contributed by atoms with E-state index >= 15 is 0 Å². The molecule has 1 unspecified atom stereocenters. The van der Waals surface area contributed by atoms with Gasteiger partial charge >= 0.3 is 0 Å². The van der Waals surface area contributed by atoms with Crippen molar-refractivity contribution in [3.05, 3.63) is 101 Å². The molecule has 3 aromatic carbocycles. The Labute approximate surface area is 196 Å². The van der Waals surface area contributed by atoms with Crippen LogP contribution in [0.15, 0.2) is 72.8 Å². The first kappa shape index (κ1) is 21.5. The Kier molecular flexibility index (Phi) is 5.54. The third kappa shape index (κ3) is 3.37. The Morgan fingerprint density at radius 1 is 1.00 bits per heavy atom. The van der Waals surface area contributed by atoms with Gasteiger partial charge in [0.1, 0.15) is 11.6 Å². The lowest BCUT2D eigenvalue weighted by Gasteiger charge is -2.40. The van der Waals surface area contributed by atoms with Crippen LogP contribution in [0.5, 0.6) is 5.75 Å². The van der Waals surface area contributed by atoms with Crippen molar-refractivity contribution in [2.75, 3.05) is 25.6 Å². The fourth-order valence-corrected chi connectivity index (χ4v) is 4.93. The van der Waals surface area contributed by atoms with Gasteiger partial charge in [-0.15, -0.1) is 11.6 Å². The van der Waals surface area contributed by atoms with Crippen molar-refractivity contribution in [2.45, 2.75) is 12.1 Å². The summed E-state index contributed by atoms with van der Waals surface area (Å²) in [7, 11) is 0. The van der Waals surface area contributed by atoms with Crippen LogP contribution in [-0.2, 0) is 5.66 Å². The maximum absolute atomic E-state index is 13.7. The highest BCUT2D eigenvalue weighted by molar-refractivity contribution is 6.17. The highest BCUT2D eigenvalue weighted by atomic mass is 35.5. The Hall–Kier alpha value is -3.38. The minimum atomic E-state index is -1.08. The lowest BCUT2D eigenvalue weighted by molar-refractivity contribution is 0.0375. The molecule has 168 valence electrons. The SMILES string of the molecule is O=C(c1ccc(F)cc1)N1CCN2C(=O)c3ccccc3C12c1ccc(OCCCCl)cc1. The molecule has 0 bridgehead atoms. The number of benzene rings is 3. The molecular weight excluding hydrogens is 443 g/mol. The molecule has 0 radical (unpaired) electrons. The van der Waals surface area contributed by atoms with E-state index in [1.54, 1.807) is 15.9 Å². The number of alkyl halides is 1. The number of halogens is 2. The number of fused-ring (bicyclic) bond motifs is 3. The molecule has 0 spiro atoms. The molecule has 33 heavy (non-hydrogen) atoms. The van der Waals surface area contributed by atoms with Gasteiger partial charge in [-0.05, 0) is 48.9 Å². The summed E-state index contributed by atoms with van der Waals surface area (Å²) >= 11 is 5.73. The minimum Gasteiger partial charge on any atom is -0.494 e. The Morgan fingerprint density at radius 3 is 2.45 bits per heavy atom. The van der Waals surface area contributed by atoms with Crippen molar-refractivity contribution in [3.63, 3.8) is 0 Å². The van der Waals surface area contributed by atoms with E-state index in [1.165, 1.54) is 24.3 Å². The number of carbonyl (C=O) groups excluding carboxylic acids is 2. The zero-order valence-electron chi connectivity index (χ0n) is 17.8. The molecule has 2 amide bonds. The monoisotopic (exact) mass is 464 g/mol. The largest absolute Gasteiger partial charge is 0.494 e. The summed E-state index contributed by atoms with van der Waals surface area (Å²) in [6.45, 7) is 1.27. The molecule has 2 aliphatic heterocycles. The van der Waals surface area contributed by atoms with Gasteiger partial charge in [-0.2, -0.15) is 0 Å². The fraction of sp³-hybridized carbons (Fsp3) is 0.231. The zero-order chi connectivity index (χ0) is 23.0. The van der Waals surface area contributed by atoms with Crippen LogP contribution in [0.3, 0.4) is 0 Å². The topological polar surface area (TPSA) is 49.9 Å². The van der Waals surface area contributed by atoms with Crippen LogP contribution in [0.1, 0.15) is 38.3 Å². The van der Waals surface area contributed by atoms with Crippen molar-refractivity contribution in [1.82, 2.24) is 9.80 Å². The first-order chi connectivity index (χ1) is 16.1. The number of hydrogen-bond acceptors (Lipinski definition) is 3. The van der Waals surface area contributed by atoms with Crippen molar-refractivity contribution in [3.8, 4) is 5.75 Å². The van der Waals surface area contributed by atoms with Gasteiger partial charge < -0.3 is 14.5 Å². The van der Waals surface area contributed by atoms with Crippen molar-refractivity contribution >= 4 is 23.4 Å². The maximum atomic E-state index is 13.7. The van der Waals surface area contributed by atoms with Crippen LogP contribution in [0, 0.1) is 5.82 Å². The van der Waals surface area contributed by atoms with Crippen LogP contribution >= 0.6 is 11.6 Å². The molecule has 0 aliphatic carbocycles. The molecule has 1 atom stereocenters. The van der Waals surface area contributed by atoms with E-state index in [9.17, 15) is 14.0 Å². The molecule has 3 aromatic rings. The van der Waals surface area contributed by atoms with E-state index < -0.39 is 11.5 Å². The summed E-state index contributed by atoms with van der Waals surface area (Å²) in [5, 5.41) is 0. The quantitative estimate of drug-likeness (QED) is 0.394. The number of ether oxygens (including phenoxy) is 1. The predicted molar refractivity (Wildman–Crippen MR) is 123 cm³/mol. The van der Waals surface area contributed by atoms with Gasteiger partial charge in [0.25, 0.3) is 11.8 Å². The summed E-state index contributed by atoms with van der Waals surface area (Å²) in [6, 6.07) is 20.4. The van der Waals surface area contributed by atoms with Crippen molar-refractivity contribution < 1.29 is 18.7 Å². The van der Waals surface area contributed by atoms with Crippen LogP contribution < -0.4 is 4.74 Å². The number of amides is 2. The van der Waals surface area contributed by atoms with Gasteiger partial charge in [0.05, 0.1) is 6.61 Å². The van der Waals surface area contributed by atoms with E-state index in [0.29, 0.717) is 42.5 Å². The average Bonchev–Trinajstić information content (AvgIpc) is 3.35. The highest BCUT2D eigenvalue weighted by Gasteiger charge is 2.59. The van der Waals surface area contributed by atoms with Crippen molar-refractivity contribution in [1.29, 1.82) is 0 Å². The second-order valence-electron chi connectivity index (χ2n) is 8.05. The van der Waals surface area contributed by atoms with E-state index in [0.717, 1.165) is 17.5 Å². The third-order valence-corrected chi connectivity index (χ3v) is 6.51. The van der Waals surface area contributed by atoms with E-state index in [2.05, 4.69) is 0 Å². The number of carbonyl (C=O) groups is 2. The standard InChI is InChI=1S/C26H22ClFN2O3/c27-14-3-17-33-21-12-8-19(9-13-21)26-23-5-2-1-4-22(23)25(32)30(26)16-15-29(26)24(31)18-6-10-20(28)11-7-18/h1-2,4-13H,3,14-17H2. The van der Waals surface area contributed by atoms with Crippen LogP contribution in [0.2, 0.25) is 0 Å². The van der Waals surface area contributed by atoms with Gasteiger partial charge in [-0.3, -0.25) is 9.59 Å². The maximum Gasteiger partial charge on any atom is 0.256 e. The average molecular weight is 465 g/mol. The third-order valence-electron chi connectivity index (χ3n) is 6.25. The molecule has 5 rings (SSSR count). The van der Waals surface area contributed by atoms with E-state index in [-0.39, 0.29) is 11.8 Å². The van der Waals surface area contributed by atoms with Gasteiger partial charge in [-0.25, -0.2) is 4.39 Å². The second kappa shape index (κ2) is 8.52. The second-order valence-corrected chi connectivity index (χ2v) is 8.43. The predicted octanol–water partition coefficient (Wildman–Crippen LogP) is 4.65. The van der Waals surface area contributed by atoms with Gasteiger partial charge in [0.15, 0.2) is 5.66 Å². The smallest absolute Gasteiger partial charge is 0.256 e. The number of nitrogens with zero attached hydrogens (tertiary/aromatic N) is 2. The molecule has 2 aliphatic rings. The lowest BCUT2D eigenvalue weighted by atomic mass is 9.89. The molecular formula is C26H22ClFN2O3. The molecule has 0 N–H and O–H groups in total. The molecule has 1 saturated heterocycles. The Morgan fingerprint density at radius 2 is 1.73 bits per heavy atom. The van der Waals surface area contributed by atoms with Crippen LogP contribution in [0.4, 0.5) is 4.39 Å². The van der Waals surface area contributed by atoms with Gasteiger partial charge in [-0.1, -0.05) is 30.3 Å². The minimum absolute atomic E-state index is 0.109. The summed E-state index contributed by atoms with van der Waals surface area (Å²) in [6.07, 6.45) is 0.739. The fourth-order valence-electron chi connectivity index (χ4n) is 4.82. The van der Waals surface area contributed by atoms with E-state index in [4.69, 9.17) is 16.3 Å². The summed E-state index contributed by atoms with van der Waals surface area (Å²) in [5.74, 6) is 0.441. The normalized spacial score (nSPS) is 18.9. The summed E-state index contributed by atoms with van der Waals surface area (Å²) in [4.78, 5) is 30.5. The van der Waals surface area contributed by atoms with Gasteiger partial charge in [0, 0.05) is 41.2 Å². The molecule has 0 aromatic heterocycles. The molecule has 5 nitrogen and oxygen atoms in total. The molecule has 1 fully saturated rings. The lowest BCUT2D eigenvalue weighted by Crippen LogP contribution is -2.51. The molecule has 7 heteroatoms. The zero-order valence-corrected chi connectivity index (χ0v) is 18.6. The van der Waals surface area contributed by atoms with Crippen molar-refractivity contribution in [2.24, 2.45) is 0 Å². The molecule has 2 heterocycles. The highest BCUT2D eigenvalue weighted by Crippen LogP contribution is 2.50. The number of rotatable bonds is 6. The van der Waals surface area contributed by atoms with Gasteiger partial charge in [0.2, 0.25) is 0 Å². The summed E-state index contributed by atoms with van der Waals surface area (Å²) in [5.41, 5.74) is 1.43. The Balaban J connectivity index is 1.62. The molecule has 0 saturated carbocycles. The summed E-state index contributed by atoms with van der Waals surface area (Å²) < 4.78 is 19.2. The van der Waals surface area contributed by atoms with Crippen LogP contribution in [-0.4, -0.2) is 47.2 Å². The number of hydrogen-bond donors (Lipinski definition) is 0. The Bertz CT molecular complexity index is 1200.